The van der Waals surface area contributed by atoms with Crippen molar-refractivity contribution in [1.29, 1.82) is 0 Å². The third-order valence-electron chi connectivity index (χ3n) is 4.20. The zero-order valence-electron chi connectivity index (χ0n) is 13.9. The number of unbranched alkanes of at least 4 members (excludes halogenated alkanes) is 5. The molecule has 4 heteroatoms. The van der Waals surface area contributed by atoms with Gasteiger partial charge >= 0.3 is 0 Å². The fourth-order valence-corrected chi connectivity index (χ4v) is 3.30. The lowest BCUT2D eigenvalue weighted by Crippen LogP contribution is -2.02. The molecule has 0 aliphatic carbocycles. The number of benzene rings is 1. The quantitative estimate of drug-likeness (QED) is 0.414. The molecule has 1 aromatic carbocycles. The summed E-state index contributed by atoms with van der Waals surface area (Å²) in [5.74, 6) is 0.477. The van der Waals surface area contributed by atoms with Crippen LogP contribution in [0.3, 0.4) is 0 Å². The van der Waals surface area contributed by atoms with Crippen molar-refractivity contribution in [2.45, 2.75) is 82.4 Å². The number of hydrogen-bond donors (Lipinski definition) is 0. The molecule has 1 aromatic rings. The summed E-state index contributed by atoms with van der Waals surface area (Å²) in [5, 5.41) is 0. The first-order valence-electron chi connectivity index (χ1n) is 8.54. The minimum absolute atomic E-state index is 0.131. The molecule has 1 atom stereocenters. The Morgan fingerprint density at radius 2 is 1.41 bits per heavy atom. The van der Waals surface area contributed by atoms with E-state index in [2.05, 4.69) is 13.8 Å². The molecular weight excluding hydrogens is 296 g/mol. The van der Waals surface area contributed by atoms with Gasteiger partial charge in [-0.05, 0) is 36.5 Å². The molecule has 0 bridgehead atoms. The zero-order valence-corrected chi connectivity index (χ0v) is 14.7. The van der Waals surface area contributed by atoms with E-state index in [1.165, 1.54) is 57.1 Å². The Hall–Kier alpha value is -0.870. The van der Waals surface area contributed by atoms with Gasteiger partial charge in [-0.25, -0.2) is 8.42 Å². The predicted molar refractivity (Wildman–Crippen MR) is 90.0 cm³/mol. The van der Waals surface area contributed by atoms with Crippen molar-refractivity contribution in [3.05, 3.63) is 29.8 Å². The summed E-state index contributed by atoms with van der Waals surface area (Å²) in [7, 11) is -4.34. The van der Waals surface area contributed by atoms with E-state index in [0.29, 0.717) is 5.92 Å². The second-order valence-corrected chi connectivity index (χ2v) is 7.44. The highest BCUT2D eigenvalue weighted by atomic mass is 32.2. The van der Waals surface area contributed by atoms with Gasteiger partial charge in [-0.2, -0.15) is 0 Å². The van der Waals surface area contributed by atoms with E-state index < -0.39 is 10.1 Å². The maximum absolute atomic E-state index is 11.0. The monoisotopic (exact) mass is 325 g/mol. The number of hydrogen-bond acceptors (Lipinski definition) is 3. The Morgan fingerprint density at radius 1 is 0.864 bits per heavy atom. The topological polar surface area (TPSA) is 57.2 Å². The zero-order chi connectivity index (χ0) is 16.4. The van der Waals surface area contributed by atoms with Gasteiger partial charge in [0.15, 0.2) is 0 Å². The fraction of sp³-hybridized carbons (Fsp3) is 0.667. The van der Waals surface area contributed by atoms with Gasteiger partial charge in [0.2, 0.25) is 0 Å². The van der Waals surface area contributed by atoms with Crippen molar-refractivity contribution < 1.29 is 13.0 Å². The van der Waals surface area contributed by atoms with E-state index in [9.17, 15) is 13.0 Å². The van der Waals surface area contributed by atoms with Crippen LogP contribution in [0.5, 0.6) is 0 Å². The van der Waals surface area contributed by atoms with Crippen molar-refractivity contribution in [1.82, 2.24) is 0 Å². The molecule has 22 heavy (non-hydrogen) atoms. The highest BCUT2D eigenvalue weighted by Crippen LogP contribution is 2.29. The first-order chi connectivity index (χ1) is 10.5. The summed E-state index contributed by atoms with van der Waals surface area (Å²) < 4.78 is 33.0. The van der Waals surface area contributed by atoms with Crippen molar-refractivity contribution >= 4 is 10.1 Å². The fourth-order valence-electron chi connectivity index (χ4n) is 2.83. The molecule has 1 unspecified atom stereocenters. The van der Waals surface area contributed by atoms with Gasteiger partial charge in [-0.3, -0.25) is 0 Å². The van der Waals surface area contributed by atoms with Crippen molar-refractivity contribution in [2.75, 3.05) is 0 Å². The van der Waals surface area contributed by atoms with Gasteiger partial charge in [-0.1, -0.05) is 70.9 Å². The van der Waals surface area contributed by atoms with Crippen LogP contribution in [0.1, 0.15) is 83.1 Å². The predicted octanol–water partition coefficient (Wildman–Crippen LogP) is 5.23. The van der Waals surface area contributed by atoms with Crippen LogP contribution in [0.25, 0.3) is 0 Å². The van der Waals surface area contributed by atoms with E-state index in [4.69, 9.17) is 0 Å². The molecule has 0 saturated carbocycles. The third-order valence-corrected chi connectivity index (χ3v) is 5.05. The van der Waals surface area contributed by atoms with E-state index >= 15 is 0 Å². The molecule has 0 aromatic heterocycles. The summed E-state index contributed by atoms with van der Waals surface area (Å²) in [6.07, 6.45) is 11.0. The van der Waals surface area contributed by atoms with Crippen LogP contribution in [-0.4, -0.2) is 13.0 Å². The summed E-state index contributed by atoms with van der Waals surface area (Å²) in [6, 6.07) is 6.54. The maximum atomic E-state index is 11.0. The van der Waals surface area contributed by atoms with Crippen LogP contribution in [-0.2, 0) is 10.1 Å². The van der Waals surface area contributed by atoms with Crippen molar-refractivity contribution in [3.8, 4) is 0 Å². The van der Waals surface area contributed by atoms with Gasteiger partial charge in [0, 0.05) is 0 Å². The lowest BCUT2D eigenvalue weighted by atomic mass is 9.88. The Labute approximate surface area is 135 Å². The molecule has 0 N–H and O–H groups in total. The summed E-state index contributed by atoms with van der Waals surface area (Å²) in [4.78, 5) is -0.131. The van der Waals surface area contributed by atoms with Crippen LogP contribution < -0.4 is 0 Å². The Morgan fingerprint density at radius 3 is 1.95 bits per heavy atom. The first-order valence-corrected chi connectivity index (χ1v) is 9.95. The average molecular weight is 325 g/mol. The van der Waals surface area contributed by atoms with E-state index in [-0.39, 0.29) is 4.90 Å². The van der Waals surface area contributed by atoms with Crippen molar-refractivity contribution in [3.63, 3.8) is 0 Å². The second kappa shape index (κ2) is 10.0. The van der Waals surface area contributed by atoms with E-state index in [1.54, 1.807) is 0 Å². The molecule has 0 fully saturated rings. The van der Waals surface area contributed by atoms with Gasteiger partial charge in [-0.15, -0.1) is 0 Å². The van der Waals surface area contributed by atoms with E-state index in [1.807, 2.05) is 12.1 Å². The SMILES string of the molecule is CCCCCCCC(CCCC)c1ccc(S(=O)(=O)[O-])cc1. The standard InChI is InChI=1S/C18H30O3S/c1-3-5-7-8-9-11-16(10-6-4-2)17-12-14-18(15-13-17)22(19,20)21/h12-16H,3-11H2,1-2H3,(H,19,20,21)/p-1. The largest absolute Gasteiger partial charge is 0.744 e. The average Bonchev–Trinajstić information content (AvgIpc) is 2.49. The second-order valence-electron chi connectivity index (χ2n) is 6.07. The highest BCUT2D eigenvalue weighted by Gasteiger charge is 2.12. The maximum Gasteiger partial charge on any atom is 0.124 e. The van der Waals surface area contributed by atoms with Crippen LogP contribution >= 0.6 is 0 Å². The normalized spacial score (nSPS) is 13.2. The molecule has 126 valence electrons. The van der Waals surface area contributed by atoms with Gasteiger partial charge < -0.3 is 4.55 Å². The minimum Gasteiger partial charge on any atom is -0.744 e. The van der Waals surface area contributed by atoms with Crippen LogP contribution in [0.15, 0.2) is 29.2 Å². The Kier molecular flexibility index (Phi) is 8.72. The Bertz CT molecular complexity index is 506. The van der Waals surface area contributed by atoms with Crippen LogP contribution in [0.2, 0.25) is 0 Å². The van der Waals surface area contributed by atoms with Gasteiger partial charge in [0.25, 0.3) is 0 Å². The summed E-state index contributed by atoms with van der Waals surface area (Å²) >= 11 is 0. The molecule has 0 heterocycles. The lowest BCUT2D eigenvalue weighted by Gasteiger charge is -2.18. The molecule has 0 saturated heterocycles. The first kappa shape index (κ1) is 19.2. The molecule has 0 amide bonds. The van der Waals surface area contributed by atoms with Gasteiger partial charge in [0.05, 0.1) is 4.90 Å². The van der Waals surface area contributed by atoms with E-state index in [0.717, 1.165) is 18.4 Å². The molecule has 1 rings (SSSR count). The lowest BCUT2D eigenvalue weighted by molar-refractivity contribution is 0.463. The van der Waals surface area contributed by atoms with Gasteiger partial charge in [0.1, 0.15) is 10.1 Å². The minimum atomic E-state index is -4.34. The smallest absolute Gasteiger partial charge is 0.124 e. The van der Waals surface area contributed by atoms with Crippen LogP contribution in [0.4, 0.5) is 0 Å². The number of rotatable bonds is 11. The third kappa shape index (κ3) is 6.93. The molecular formula is C18H29O3S-. The highest BCUT2D eigenvalue weighted by molar-refractivity contribution is 7.85. The molecule has 0 radical (unpaired) electrons. The molecule has 0 aliphatic heterocycles. The summed E-state index contributed by atoms with van der Waals surface area (Å²) in [5.41, 5.74) is 1.16. The Balaban J connectivity index is 2.66. The molecule has 0 spiro atoms. The summed E-state index contributed by atoms with van der Waals surface area (Å²) in [6.45, 7) is 4.40. The molecule has 0 aliphatic rings. The van der Waals surface area contributed by atoms with Crippen LogP contribution in [0, 0.1) is 0 Å². The molecule has 3 nitrogen and oxygen atoms in total. The van der Waals surface area contributed by atoms with Crippen molar-refractivity contribution in [2.24, 2.45) is 0 Å².